The molecule has 10 heavy (non-hydrogen) atoms. The van der Waals surface area contributed by atoms with E-state index in [0.717, 1.165) is 25.7 Å². The van der Waals surface area contributed by atoms with E-state index in [1.807, 2.05) is 0 Å². The Kier molecular flexibility index (Phi) is 1.94. The van der Waals surface area contributed by atoms with Gasteiger partial charge in [0.05, 0.1) is 0 Å². The molecule has 1 amide bonds. The van der Waals surface area contributed by atoms with Crippen LogP contribution in [-0.4, -0.2) is 12.5 Å². The Morgan fingerprint density at radius 2 is 2.10 bits per heavy atom. The van der Waals surface area contributed by atoms with Crippen LogP contribution in [0.4, 0.5) is 0 Å². The second-order valence-electron chi connectivity index (χ2n) is 3.04. The molecule has 0 aliphatic heterocycles. The Morgan fingerprint density at radius 1 is 1.50 bits per heavy atom. The van der Waals surface area contributed by atoms with Gasteiger partial charge < -0.3 is 11.5 Å². The van der Waals surface area contributed by atoms with Crippen LogP contribution in [0.5, 0.6) is 0 Å². The topological polar surface area (TPSA) is 69.1 Å². The molecule has 0 unspecified atom stereocenters. The maximum atomic E-state index is 10.8. The largest absolute Gasteiger partial charge is 0.369 e. The predicted octanol–water partition coefficient (Wildman–Crippen LogP) is -0.00920. The van der Waals surface area contributed by atoms with E-state index in [2.05, 4.69) is 0 Å². The summed E-state index contributed by atoms with van der Waals surface area (Å²) in [5.74, 6) is -0.138. The molecular formula is C7H14N2O. The number of carbonyl (C=O) groups excluding carboxylic acids is 1. The van der Waals surface area contributed by atoms with E-state index in [-0.39, 0.29) is 11.3 Å². The van der Waals surface area contributed by atoms with Crippen molar-refractivity contribution in [2.75, 3.05) is 6.54 Å². The number of nitrogens with two attached hydrogens (primary N) is 2. The van der Waals surface area contributed by atoms with Crippen molar-refractivity contribution in [1.82, 2.24) is 0 Å². The van der Waals surface area contributed by atoms with Crippen LogP contribution in [0.15, 0.2) is 0 Å². The van der Waals surface area contributed by atoms with Crippen LogP contribution in [-0.2, 0) is 4.79 Å². The van der Waals surface area contributed by atoms with E-state index in [1.54, 1.807) is 0 Å². The van der Waals surface area contributed by atoms with Crippen LogP contribution in [0.2, 0.25) is 0 Å². The van der Waals surface area contributed by atoms with Gasteiger partial charge in [-0.15, -0.1) is 0 Å². The first-order valence-electron chi connectivity index (χ1n) is 3.71. The van der Waals surface area contributed by atoms with Crippen LogP contribution < -0.4 is 11.5 Å². The molecule has 0 aromatic rings. The highest BCUT2D eigenvalue weighted by Gasteiger charge is 2.47. The zero-order valence-electron chi connectivity index (χ0n) is 6.10. The van der Waals surface area contributed by atoms with Crippen LogP contribution in [0.1, 0.15) is 25.7 Å². The maximum absolute atomic E-state index is 10.8. The molecule has 0 radical (unpaired) electrons. The van der Waals surface area contributed by atoms with E-state index in [0.29, 0.717) is 6.54 Å². The van der Waals surface area contributed by atoms with Crippen molar-refractivity contribution in [3.05, 3.63) is 0 Å². The second kappa shape index (κ2) is 2.58. The smallest absolute Gasteiger partial charge is 0.223 e. The lowest BCUT2D eigenvalue weighted by atomic mass is 10.00. The van der Waals surface area contributed by atoms with Gasteiger partial charge in [0.25, 0.3) is 0 Å². The molecule has 0 aromatic carbocycles. The molecule has 0 saturated heterocycles. The van der Waals surface area contributed by atoms with Gasteiger partial charge >= 0.3 is 0 Å². The summed E-state index contributed by atoms with van der Waals surface area (Å²) in [5, 5.41) is 0. The molecule has 0 aromatic heterocycles. The SMILES string of the molecule is NCCCC1(C(N)=O)CC1. The van der Waals surface area contributed by atoms with Crippen LogP contribution in [0, 0.1) is 5.41 Å². The lowest BCUT2D eigenvalue weighted by molar-refractivity contribution is -0.123. The minimum absolute atomic E-state index is 0.138. The molecule has 1 aliphatic rings. The Balaban J connectivity index is 2.31. The Bertz CT molecular complexity index is 141. The molecule has 58 valence electrons. The van der Waals surface area contributed by atoms with Gasteiger partial charge in [-0.1, -0.05) is 0 Å². The molecule has 1 saturated carbocycles. The summed E-state index contributed by atoms with van der Waals surface area (Å²) in [6, 6.07) is 0. The highest BCUT2D eigenvalue weighted by molar-refractivity contribution is 5.83. The van der Waals surface area contributed by atoms with Crippen molar-refractivity contribution in [2.45, 2.75) is 25.7 Å². The second-order valence-corrected chi connectivity index (χ2v) is 3.04. The molecule has 3 nitrogen and oxygen atoms in total. The zero-order valence-corrected chi connectivity index (χ0v) is 6.10. The number of primary amides is 1. The summed E-state index contributed by atoms with van der Waals surface area (Å²) >= 11 is 0. The summed E-state index contributed by atoms with van der Waals surface area (Å²) in [7, 11) is 0. The quantitative estimate of drug-likeness (QED) is 0.579. The predicted molar refractivity (Wildman–Crippen MR) is 39.1 cm³/mol. The monoisotopic (exact) mass is 142 g/mol. The fraction of sp³-hybridized carbons (Fsp3) is 0.857. The van der Waals surface area contributed by atoms with Crippen molar-refractivity contribution in [2.24, 2.45) is 16.9 Å². The molecule has 1 aliphatic carbocycles. The third-order valence-electron chi connectivity index (χ3n) is 2.24. The number of hydrogen-bond acceptors (Lipinski definition) is 2. The molecule has 0 bridgehead atoms. The number of hydrogen-bond donors (Lipinski definition) is 2. The first kappa shape index (κ1) is 7.54. The number of rotatable bonds is 4. The van der Waals surface area contributed by atoms with Gasteiger partial charge in [-0.2, -0.15) is 0 Å². The van der Waals surface area contributed by atoms with Gasteiger partial charge in [0.1, 0.15) is 0 Å². The lowest BCUT2D eigenvalue weighted by Crippen LogP contribution is -2.25. The summed E-state index contributed by atoms with van der Waals surface area (Å²) < 4.78 is 0. The molecule has 0 heterocycles. The third kappa shape index (κ3) is 1.29. The maximum Gasteiger partial charge on any atom is 0.223 e. The Morgan fingerprint density at radius 3 is 2.40 bits per heavy atom. The van der Waals surface area contributed by atoms with E-state index < -0.39 is 0 Å². The van der Waals surface area contributed by atoms with Crippen molar-refractivity contribution in [3.63, 3.8) is 0 Å². The highest BCUT2D eigenvalue weighted by Crippen LogP contribution is 2.49. The Hall–Kier alpha value is -0.570. The summed E-state index contributed by atoms with van der Waals surface area (Å²) in [5.41, 5.74) is 10.4. The average Bonchev–Trinajstić information content (AvgIpc) is 2.64. The lowest BCUT2D eigenvalue weighted by Gasteiger charge is -2.07. The summed E-state index contributed by atoms with van der Waals surface area (Å²) in [6.07, 6.45) is 3.76. The highest BCUT2D eigenvalue weighted by atomic mass is 16.1. The molecule has 4 N–H and O–H groups in total. The fourth-order valence-corrected chi connectivity index (χ4v) is 1.21. The van der Waals surface area contributed by atoms with Crippen molar-refractivity contribution < 1.29 is 4.79 Å². The summed E-state index contributed by atoms with van der Waals surface area (Å²) in [6.45, 7) is 0.662. The van der Waals surface area contributed by atoms with Crippen molar-refractivity contribution in [1.29, 1.82) is 0 Å². The molecule has 0 spiro atoms. The van der Waals surface area contributed by atoms with E-state index >= 15 is 0 Å². The van der Waals surface area contributed by atoms with Gasteiger partial charge in [0, 0.05) is 5.41 Å². The normalized spacial score (nSPS) is 20.5. The number of carbonyl (C=O) groups is 1. The van der Waals surface area contributed by atoms with Gasteiger partial charge in [-0.3, -0.25) is 4.79 Å². The molecule has 1 rings (SSSR count). The standard InChI is InChI=1S/C7H14N2O/c8-5-1-2-7(3-4-7)6(9)10/h1-5,8H2,(H2,9,10). The first-order valence-corrected chi connectivity index (χ1v) is 3.71. The van der Waals surface area contributed by atoms with Crippen LogP contribution >= 0.6 is 0 Å². The zero-order chi connectivity index (χ0) is 7.61. The minimum Gasteiger partial charge on any atom is -0.369 e. The fourth-order valence-electron chi connectivity index (χ4n) is 1.21. The third-order valence-corrected chi connectivity index (χ3v) is 2.24. The molecular weight excluding hydrogens is 128 g/mol. The van der Waals surface area contributed by atoms with E-state index in [4.69, 9.17) is 11.5 Å². The summed E-state index contributed by atoms with van der Waals surface area (Å²) in [4.78, 5) is 10.8. The van der Waals surface area contributed by atoms with E-state index in [1.165, 1.54) is 0 Å². The Labute approximate surface area is 60.8 Å². The van der Waals surface area contributed by atoms with Crippen LogP contribution in [0.25, 0.3) is 0 Å². The van der Waals surface area contributed by atoms with Gasteiger partial charge in [-0.25, -0.2) is 0 Å². The van der Waals surface area contributed by atoms with Gasteiger partial charge in [0.2, 0.25) is 5.91 Å². The number of amides is 1. The molecule has 1 fully saturated rings. The van der Waals surface area contributed by atoms with Gasteiger partial charge in [-0.05, 0) is 32.2 Å². The average molecular weight is 142 g/mol. The minimum atomic E-state index is -0.140. The molecule has 3 heteroatoms. The van der Waals surface area contributed by atoms with E-state index in [9.17, 15) is 4.79 Å². The van der Waals surface area contributed by atoms with Crippen LogP contribution in [0.3, 0.4) is 0 Å². The molecule has 0 atom stereocenters. The van der Waals surface area contributed by atoms with Crippen molar-refractivity contribution in [3.8, 4) is 0 Å². The van der Waals surface area contributed by atoms with Gasteiger partial charge in [0.15, 0.2) is 0 Å². The van der Waals surface area contributed by atoms with Crippen molar-refractivity contribution >= 4 is 5.91 Å². The first-order chi connectivity index (χ1) is 4.71.